The first kappa shape index (κ1) is 12.5. The quantitative estimate of drug-likeness (QED) is 0.454. The molecule has 0 bridgehead atoms. The van der Waals surface area contributed by atoms with E-state index in [4.69, 9.17) is 10.2 Å². The van der Waals surface area contributed by atoms with Crippen molar-refractivity contribution in [3.63, 3.8) is 0 Å². The molecule has 1 aromatic rings. The van der Waals surface area contributed by atoms with E-state index in [0.29, 0.717) is 18.1 Å². The van der Waals surface area contributed by atoms with Gasteiger partial charge >= 0.3 is 0 Å². The molecule has 1 amide bonds. The smallest absolute Gasteiger partial charge is 0.257 e. The number of fused-ring (bicyclic) bond motifs is 1. The molecule has 98 valence electrons. The lowest BCUT2D eigenvalue weighted by Gasteiger charge is -2.26. The molecule has 0 spiro atoms. The van der Waals surface area contributed by atoms with Gasteiger partial charge in [0, 0.05) is 6.20 Å². The number of hydrogen-bond donors (Lipinski definition) is 5. The number of amides is 1. The molecule has 8 nitrogen and oxygen atoms in total. The van der Waals surface area contributed by atoms with Crippen molar-refractivity contribution in [2.45, 2.75) is 12.5 Å². The third-order valence-corrected chi connectivity index (χ3v) is 2.65. The van der Waals surface area contributed by atoms with Gasteiger partial charge in [0.1, 0.15) is 11.4 Å². The van der Waals surface area contributed by atoms with Crippen molar-refractivity contribution >= 4 is 17.7 Å². The molecule has 0 radical (unpaired) electrons. The molecular weight excluding hydrogens is 238 g/mol. The molecule has 1 aliphatic rings. The number of anilines is 2. The van der Waals surface area contributed by atoms with Gasteiger partial charge in [0.05, 0.1) is 25.4 Å². The zero-order chi connectivity index (χ0) is 13.2. The van der Waals surface area contributed by atoms with Crippen molar-refractivity contribution in [3.05, 3.63) is 11.8 Å². The van der Waals surface area contributed by atoms with Crippen molar-refractivity contribution in [3.8, 4) is 0 Å². The molecule has 2 heterocycles. The molecule has 0 unspecified atom stereocenters. The van der Waals surface area contributed by atoms with E-state index in [9.17, 15) is 4.79 Å². The number of aromatic nitrogens is 2. The summed E-state index contributed by atoms with van der Waals surface area (Å²) in [6, 6.07) is 0. The van der Waals surface area contributed by atoms with E-state index in [1.165, 1.54) is 6.20 Å². The Bertz CT molecular complexity index is 461. The second-order valence-corrected chi connectivity index (χ2v) is 4.32. The van der Waals surface area contributed by atoms with E-state index < -0.39 is 5.54 Å². The summed E-state index contributed by atoms with van der Waals surface area (Å²) in [5.74, 6) is 0.429. The highest BCUT2D eigenvalue weighted by Crippen LogP contribution is 2.18. The Balaban J connectivity index is 2.24. The lowest BCUT2D eigenvalue weighted by molar-refractivity contribution is 0.0952. The van der Waals surface area contributed by atoms with E-state index in [-0.39, 0.29) is 25.1 Å². The van der Waals surface area contributed by atoms with Crippen LogP contribution in [0, 0.1) is 0 Å². The number of aliphatic hydroxyl groups excluding tert-OH is 2. The van der Waals surface area contributed by atoms with Gasteiger partial charge in [0.15, 0.2) is 0 Å². The molecule has 5 N–H and O–H groups in total. The fourth-order valence-corrected chi connectivity index (χ4v) is 1.45. The van der Waals surface area contributed by atoms with Gasteiger partial charge in [-0.15, -0.1) is 0 Å². The molecule has 1 aliphatic heterocycles. The first-order chi connectivity index (χ1) is 8.58. The predicted octanol–water partition coefficient (Wildman–Crippen LogP) is -1.26. The topological polar surface area (TPSA) is 119 Å². The van der Waals surface area contributed by atoms with Gasteiger partial charge in [-0.05, 0) is 6.92 Å². The molecule has 0 aliphatic carbocycles. The summed E-state index contributed by atoms with van der Waals surface area (Å²) in [6.45, 7) is 1.41. The van der Waals surface area contributed by atoms with Gasteiger partial charge in [-0.25, -0.2) is 4.98 Å². The first-order valence-corrected chi connectivity index (χ1v) is 5.47. The van der Waals surface area contributed by atoms with Gasteiger partial charge in [-0.3, -0.25) is 4.79 Å². The van der Waals surface area contributed by atoms with Crippen LogP contribution in [0.5, 0.6) is 0 Å². The standard InChI is InChI=1S/C10H15N5O3/c1-10(3-16,4-17)15-9-11-2-6-7(14-9)12-5-13-8(6)18/h2,16-17H,3-5H2,1H3,(H,13,18)(H2,11,12,14,15). The SMILES string of the molecule is CC(CO)(CO)Nc1ncc2c(n1)NCNC2=O. The second kappa shape index (κ2) is 4.75. The summed E-state index contributed by atoms with van der Waals surface area (Å²) in [6.07, 6.45) is 1.39. The highest BCUT2D eigenvalue weighted by atomic mass is 16.3. The molecule has 0 saturated carbocycles. The third-order valence-electron chi connectivity index (χ3n) is 2.65. The summed E-state index contributed by atoms with van der Waals surface area (Å²) < 4.78 is 0. The first-order valence-electron chi connectivity index (χ1n) is 5.47. The number of carbonyl (C=O) groups excluding carboxylic acids is 1. The van der Waals surface area contributed by atoms with E-state index >= 15 is 0 Å². The van der Waals surface area contributed by atoms with E-state index in [0.717, 1.165) is 0 Å². The highest BCUT2D eigenvalue weighted by molar-refractivity contribution is 6.00. The zero-order valence-electron chi connectivity index (χ0n) is 9.90. The third kappa shape index (κ3) is 2.34. The molecular formula is C10H15N5O3. The summed E-state index contributed by atoms with van der Waals surface area (Å²) in [5.41, 5.74) is -0.549. The van der Waals surface area contributed by atoms with Gasteiger partial charge < -0.3 is 26.2 Å². The second-order valence-electron chi connectivity index (χ2n) is 4.32. The molecule has 2 rings (SSSR count). The van der Waals surface area contributed by atoms with Crippen LogP contribution in [-0.4, -0.2) is 51.5 Å². The molecule has 1 aromatic heterocycles. The van der Waals surface area contributed by atoms with Gasteiger partial charge in [-0.1, -0.05) is 0 Å². The summed E-state index contributed by atoms with van der Waals surface area (Å²) in [7, 11) is 0. The van der Waals surface area contributed by atoms with E-state index in [2.05, 4.69) is 25.9 Å². The van der Waals surface area contributed by atoms with Crippen LogP contribution in [-0.2, 0) is 0 Å². The Hall–Kier alpha value is -1.93. The molecule has 0 aromatic carbocycles. The highest BCUT2D eigenvalue weighted by Gasteiger charge is 2.25. The Labute approximate surface area is 103 Å². The minimum Gasteiger partial charge on any atom is -0.394 e. The van der Waals surface area contributed by atoms with E-state index in [1.807, 2.05) is 0 Å². The molecule has 0 saturated heterocycles. The van der Waals surface area contributed by atoms with Crippen molar-refractivity contribution < 1.29 is 15.0 Å². The minimum atomic E-state index is -0.912. The van der Waals surface area contributed by atoms with Gasteiger partial charge in [-0.2, -0.15) is 4.98 Å². The van der Waals surface area contributed by atoms with Crippen LogP contribution < -0.4 is 16.0 Å². The van der Waals surface area contributed by atoms with Crippen molar-refractivity contribution in [1.29, 1.82) is 0 Å². The Morgan fingerprint density at radius 3 is 2.83 bits per heavy atom. The van der Waals surface area contributed by atoms with Crippen molar-refractivity contribution in [1.82, 2.24) is 15.3 Å². The molecule has 18 heavy (non-hydrogen) atoms. The summed E-state index contributed by atoms with van der Waals surface area (Å²) >= 11 is 0. The number of rotatable bonds is 4. The van der Waals surface area contributed by atoms with Crippen LogP contribution in [0.4, 0.5) is 11.8 Å². The number of carbonyl (C=O) groups is 1. The molecule has 0 fully saturated rings. The molecule has 8 heteroatoms. The maximum atomic E-state index is 11.5. The number of nitrogens with one attached hydrogen (secondary N) is 3. The van der Waals surface area contributed by atoms with Crippen LogP contribution >= 0.6 is 0 Å². The van der Waals surface area contributed by atoms with Crippen molar-refractivity contribution in [2.75, 3.05) is 30.5 Å². The van der Waals surface area contributed by atoms with Gasteiger partial charge in [0.2, 0.25) is 5.95 Å². The van der Waals surface area contributed by atoms with Crippen LogP contribution in [0.2, 0.25) is 0 Å². The normalized spacial score (nSPS) is 14.5. The monoisotopic (exact) mass is 253 g/mol. The average molecular weight is 253 g/mol. The van der Waals surface area contributed by atoms with Crippen LogP contribution in [0.1, 0.15) is 17.3 Å². The maximum Gasteiger partial charge on any atom is 0.257 e. The average Bonchev–Trinajstić information content (AvgIpc) is 2.39. The summed E-state index contributed by atoms with van der Waals surface area (Å²) in [5, 5.41) is 26.7. The molecule has 0 atom stereocenters. The van der Waals surface area contributed by atoms with E-state index in [1.54, 1.807) is 6.92 Å². The predicted molar refractivity (Wildman–Crippen MR) is 64.2 cm³/mol. The number of nitrogens with zero attached hydrogens (tertiary/aromatic N) is 2. The summed E-state index contributed by atoms with van der Waals surface area (Å²) in [4.78, 5) is 19.6. The Kier molecular flexibility index (Phi) is 3.30. The maximum absolute atomic E-state index is 11.5. The largest absolute Gasteiger partial charge is 0.394 e. The Morgan fingerprint density at radius 2 is 2.17 bits per heavy atom. The zero-order valence-corrected chi connectivity index (χ0v) is 9.90. The fourth-order valence-electron chi connectivity index (χ4n) is 1.45. The van der Waals surface area contributed by atoms with Crippen molar-refractivity contribution in [2.24, 2.45) is 0 Å². The van der Waals surface area contributed by atoms with Crippen LogP contribution in [0.3, 0.4) is 0 Å². The van der Waals surface area contributed by atoms with Gasteiger partial charge in [0.25, 0.3) is 5.91 Å². The lowest BCUT2D eigenvalue weighted by Crippen LogP contribution is -2.43. The number of hydrogen-bond acceptors (Lipinski definition) is 7. The minimum absolute atomic E-state index is 0.234. The number of aliphatic hydroxyl groups is 2. The lowest BCUT2D eigenvalue weighted by atomic mass is 10.1. The van der Waals surface area contributed by atoms with Crippen LogP contribution in [0.25, 0.3) is 0 Å². The fraction of sp³-hybridized carbons (Fsp3) is 0.500. The Morgan fingerprint density at radius 1 is 1.44 bits per heavy atom. The van der Waals surface area contributed by atoms with Crippen LogP contribution in [0.15, 0.2) is 6.20 Å².